The summed E-state index contributed by atoms with van der Waals surface area (Å²) in [5.74, 6) is -5.66. The highest BCUT2D eigenvalue weighted by Gasteiger charge is 2.24. The van der Waals surface area contributed by atoms with E-state index in [9.17, 15) is 67.7 Å². The van der Waals surface area contributed by atoms with Gasteiger partial charge in [-0.2, -0.15) is 55.5 Å². The molecule has 31 heteroatoms. The lowest BCUT2D eigenvalue weighted by Gasteiger charge is -2.23. The molecule has 1 unspecified atom stereocenters. The van der Waals surface area contributed by atoms with Gasteiger partial charge in [-0.05, 0) is 60.1 Å². The van der Waals surface area contributed by atoms with Crippen molar-refractivity contribution in [1.29, 1.82) is 0 Å². The van der Waals surface area contributed by atoms with Gasteiger partial charge in [0.05, 0.1) is 44.7 Å². The summed E-state index contributed by atoms with van der Waals surface area (Å²) >= 11 is 6.21. The molecule has 65 heavy (non-hydrogen) atoms. The van der Waals surface area contributed by atoms with Crippen molar-refractivity contribution in [2.45, 2.75) is 27.3 Å². The quantitative estimate of drug-likeness (QED) is 0.0308. The molecule has 0 radical (unpaired) electrons. The van der Waals surface area contributed by atoms with E-state index in [0.29, 0.717) is 12.1 Å². The smallest absolute Gasteiger partial charge is 0.397 e. The third kappa shape index (κ3) is 13.7. The van der Waals surface area contributed by atoms with Crippen LogP contribution in [0.1, 0.15) is 28.5 Å². The molecule has 0 amide bonds. The Morgan fingerprint density at radius 2 is 1.40 bits per heavy atom. The zero-order valence-electron chi connectivity index (χ0n) is 32.3. The number of aromatic carboxylic acids is 1. The predicted molar refractivity (Wildman–Crippen MR) is 223 cm³/mol. The maximum Gasteiger partial charge on any atom is 0.397 e. The first-order chi connectivity index (χ1) is 30.3. The van der Waals surface area contributed by atoms with Gasteiger partial charge in [0.25, 0.3) is 20.2 Å². The monoisotopic (exact) mass is 999 g/mol. The molecule has 344 valence electrons. The Hall–Kier alpha value is -6.64. The first-order valence-electron chi connectivity index (χ1n) is 17.5. The lowest BCUT2D eigenvalue weighted by Crippen LogP contribution is -2.24. The molecule has 0 bridgehead atoms. The van der Waals surface area contributed by atoms with Gasteiger partial charge < -0.3 is 25.5 Å². The SMILES string of the molecule is O=C(O)CCN(c1cccc(S(=O)(=O)CCOS(=O)(=O)O)c1)c1nc(Cl)nc(Nc2cc(S(=O)(=O)O)cc(N=NC(N=Nc3cc(S(=O)(=O)O)ccc3C(=O)O)c3ccccc3)c2O)n1. The number of benzene rings is 4. The molecule has 0 aliphatic rings. The minimum absolute atomic E-state index is 0.0504. The van der Waals surface area contributed by atoms with E-state index in [1.165, 1.54) is 36.4 Å². The minimum Gasteiger partial charge on any atom is -0.504 e. The Kier molecular flexibility index (Phi) is 15.2. The summed E-state index contributed by atoms with van der Waals surface area (Å²) in [6.07, 6.45) is -2.12. The number of anilines is 4. The highest BCUT2D eigenvalue weighted by Crippen LogP contribution is 2.40. The number of aromatic hydroxyl groups is 1. The number of phenols is 1. The van der Waals surface area contributed by atoms with Crippen LogP contribution in [0.2, 0.25) is 5.28 Å². The fourth-order valence-electron chi connectivity index (χ4n) is 5.27. The second kappa shape index (κ2) is 20.0. The first kappa shape index (κ1) is 49.4. The highest BCUT2D eigenvalue weighted by molar-refractivity contribution is 7.91. The van der Waals surface area contributed by atoms with Crippen molar-refractivity contribution in [3.8, 4) is 5.75 Å². The second-order valence-corrected chi connectivity index (χ2v) is 19.1. The van der Waals surface area contributed by atoms with Gasteiger partial charge in [-0.25, -0.2) is 17.4 Å². The number of hydrogen-bond donors (Lipinski definition) is 7. The Balaban J connectivity index is 1.56. The molecular formula is C34H30ClN9O17S4. The molecule has 0 saturated carbocycles. The van der Waals surface area contributed by atoms with E-state index in [1.54, 1.807) is 6.07 Å². The highest BCUT2D eigenvalue weighted by atomic mass is 35.5. The molecule has 0 spiro atoms. The fourth-order valence-corrected chi connectivity index (χ4v) is 7.97. The van der Waals surface area contributed by atoms with Gasteiger partial charge in [0.2, 0.25) is 23.3 Å². The topological polar surface area (TPSA) is 405 Å². The van der Waals surface area contributed by atoms with Crippen LogP contribution in [-0.2, 0) is 49.5 Å². The van der Waals surface area contributed by atoms with Crippen molar-refractivity contribution in [3.05, 3.63) is 101 Å². The number of hydrogen-bond acceptors (Lipinski definition) is 21. The number of aliphatic carboxylic acids is 1. The largest absolute Gasteiger partial charge is 0.504 e. The predicted octanol–water partition coefficient (Wildman–Crippen LogP) is 4.94. The molecule has 5 rings (SSSR count). The van der Waals surface area contributed by atoms with Gasteiger partial charge in [-0.1, -0.05) is 36.4 Å². The number of nitrogens with one attached hydrogen (secondary N) is 1. The normalized spacial score (nSPS) is 12.9. The number of aromatic nitrogens is 3. The van der Waals surface area contributed by atoms with Crippen molar-refractivity contribution in [1.82, 2.24) is 15.0 Å². The summed E-state index contributed by atoms with van der Waals surface area (Å²) in [6, 6.07) is 16.2. The Morgan fingerprint density at radius 3 is 2.02 bits per heavy atom. The van der Waals surface area contributed by atoms with Crippen LogP contribution in [0.25, 0.3) is 0 Å². The summed E-state index contributed by atoms with van der Waals surface area (Å²) in [5, 5.41) is 48.0. The lowest BCUT2D eigenvalue weighted by atomic mass is 10.2. The average molecular weight is 1000 g/mol. The molecule has 0 saturated heterocycles. The zero-order valence-corrected chi connectivity index (χ0v) is 36.3. The molecule has 0 fully saturated rings. The van der Waals surface area contributed by atoms with Crippen molar-refractivity contribution in [3.63, 3.8) is 0 Å². The van der Waals surface area contributed by atoms with Crippen LogP contribution in [0.5, 0.6) is 5.75 Å². The van der Waals surface area contributed by atoms with Gasteiger partial charge in [0.1, 0.15) is 11.4 Å². The summed E-state index contributed by atoms with van der Waals surface area (Å²) in [4.78, 5) is 34.6. The zero-order chi connectivity index (χ0) is 47.9. The molecule has 5 aromatic rings. The van der Waals surface area contributed by atoms with Crippen LogP contribution in [0, 0.1) is 0 Å². The number of sulfone groups is 1. The minimum atomic E-state index is -5.10. The van der Waals surface area contributed by atoms with Gasteiger partial charge in [-0.15, -0.1) is 5.11 Å². The number of carboxylic acids is 2. The van der Waals surface area contributed by atoms with E-state index in [0.717, 1.165) is 35.2 Å². The number of halogens is 1. The number of nitrogens with zero attached hydrogens (tertiary/aromatic N) is 8. The molecule has 0 aliphatic heterocycles. The van der Waals surface area contributed by atoms with E-state index < -0.39 is 144 Å². The van der Waals surface area contributed by atoms with Gasteiger partial charge >= 0.3 is 22.3 Å². The van der Waals surface area contributed by atoms with Crippen LogP contribution in [0.4, 0.5) is 34.6 Å². The van der Waals surface area contributed by atoms with Crippen molar-refractivity contribution in [2.24, 2.45) is 20.5 Å². The average Bonchev–Trinajstić information content (AvgIpc) is 3.20. The van der Waals surface area contributed by atoms with Gasteiger partial charge in [0, 0.05) is 17.8 Å². The van der Waals surface area contributed by atoms with Crippen LogP contribution in [0.3, 0.4) is 0 Å². The standard InChI is InChI=1S/C34H30ClN9O17S4/c35-32-37-33(39-34(38-32)44(12-11-28(45)46)20-7-4-8-21(15-20)62(50,51)14-13-61-65(58,59)60)36-26-17-23(64(55,56)57)18-27(29(26)47)41-43-30(19-5-2-1-3-6-19)42-40-25-16-22(63(52,53)54)9-10-24(25)31(48)49/h1-10,15-18,30,47H,11-14H2,(H,45,46)(H,48,49)(H,52,53,54)(H,55,56,57)(H,58,59,60)(H,36,37,38,39). The van der Waals surface area contributed by atoms with Crippen LogP contribution in [-0.4, -0.2) is 108 Å². The fraction of sp³-hybridized carbons (Fsp3) is 0.147. The number of carbonyl (C=O) groups is 2. The van der Waals surface area contributed by atoms with Crippen molar-refractivity contribution in [2.75, 3.05) is 29.1 Å². The maximum absolute atomic E-state index is 13.0. The summed E-state index contributed by atoms with van der Waals surface area (Å²) in [6.45, 7) is -1.39. The van der Waals surface area contributed by atoms with Crippen LogP contribution in [0.15, 0.2) is 120 Å². The van der Waals surface area contributed by atoms with Gasteiger partial charge in [-0.3, -0.25) is 18.5 Å². The van der Waals surface area contributed by atoms with Crippen LogP contribution < -0.4 is 10.2 Å². The van der Waals surface area contributed by atoms with E-state index in [2.05, 4.69) is 44.9 Å². The van der Waals surface area contributed by atoms with Crippen molar-refractivity contribution < 1.29 is 76.4 Å². The maximum atomic E-state index is 13.0. The molecule has 1 atom stereocenters. The molecule has 26 nitrogen and oxygen atoms in total. The summed E-state index contributed by atoms with van der Waals surface area (Å²) in [7, 11) is -19.2. The van der Waals surface area contributed by atoms with E-state index in [1.807, 2.05) is 0 Å². The molecule has 1 heterocycles. The number of phenolic OH excluding ortho intramolecular Hbond substituents is 1. The number of rotatable bonds is 20. The molecule has 0 aliphatic carbocycles. The summed E-state index contributed by atoms with van der Waals surface area (Å²) < 4.78 is 129. The van der Waals surface area contributed by atoms with E-state index >= 15 is 0 Å². The van der Waals surface area contributed by atoms with Gasteiger partial charge in [0.15, 0.2) is 15.6 Å². The number of azo groups is 2. The first-order valence-corrected chi connectivity index (χ1v) is 23.8. The third-order valence-corrected chi connectivity index (χ3v) is 12.2. The Labute approximate surface area is 372 Å². The van der Waals surface area contributed by atoms with E-state index in [-0.39, 0.29) is 11.3 Å². The number of carboxylic acid groups (broad SMARTS) is 2. The molecule has 4 aromatic carbocycles. The summed E-state index contributed by atoms with van der Waals surface area (Å²) in [5.41, 5.74) is -2.14. The third-order valence-electron chi connectivity index (χ3n) is 8.21. The Bertz CT molecular complexity index is 3160. The molecule has 1 aromatic heterocycles. The van der Waals surface area contributed by atoms with Crippen LogP contribution >= 0.6 is 11.6 Å². The second-order valence-electron chi connectivity index (χ2n) is 12.7. The molecule has 7 N–H and O–H groups in total. The molecular weight excluding hydrogens is 970 g/mol. The van der Waals surface area contributed by atoms with E-state index in [4.69, 9.17) is 16.2 Å². The Morgan fingerprint density at radius 1 is 0.754 bits per heavy atom. The van der Waals surface area contributed by atoms with Crippen molar-refractivity contribution >= 4 is 98.7 Å². The lowest BCUT2D eigenvalue weighted by molar-refractivity contribution is -0.136.